The van der Waals surface area contributed by atoms with Crippen LogP contribution in [0.2, 0.25) is 0 Å². The first-order chi connectivity index (χ1) is 10.5. The highest BCUT2D eigenvalue weighted by Gasteiger charge is 2.26. The lowest BCUT2D eigenvalue weighted by atomic mass is 10.00. The maximum atomic E-state index is 11.0. The van der Waals surface area contributed by atoms with E-state index in [0.29, 0.717) is 18.6 Å². The fourth-order valence-corrected chi connectivity index (χ4v) is 3.38. The number of carbonyl (C=O) groups excluding carboxylic acids is 1. The van der Waals surface area contributed by atoms with Crippen molar-refractivity contribution in [3.63, 3.8) is 0 Å². The molecule has 122 valence electrons. The first-order valence-electron chi connectivity index (χ1n) is 8.27. The Hall–Kier alpha value is -1.39. The van der Waals surface area contributed by atoms with Crippen LogP contribution in [0, 0.1) is 6.92 Å². The van der Waals surface area contributed by atoms with E-state index in [1.165, 1.54) is 11.1 Å². The summed E-state index contributed by atoms with van der Waals surface area (Å²) in [6.07, 6.45) is 2.22. The summed E-state index contributed by atoms with van der Waals surface area (Å²) in [5.41, 5.74) is 7.99. The molecule has 1 heterocycles. The van der Waals surface area contributed by atoms with Gasteiger partial charge < -0.3 is 5.73 Å². The van der Waals surface area contributed by atoms with Crippen LogP contribution >= 0.6 is 0 Å². The van der Waals surface area contributed by atoms with Gasteiger partial charge in [0.15, 0.2) is 0 Å². The molecule has 0 aliphatic carbocycles. The van der Waals surface area contributed by atoms with Crippen molar-refractivity contribution in [1.82, 2.24) is 9.80 Å². The van der Waals surface area contributed by atoms with Gasteiger partial charge in [-0.3, -0.25) is 14.6 Å². The second-order valence-electron chi connectivity index (χ2n) is 6.73. The average molecular weight is 303 g/mol. The largest absolute Gasteiger partial charge is 0.369 e. The molecule has 0 unspecified atom stereocenters. The molecule has 0 radical (unpaired) electrons. The Morgan fingerprint density at radius 2 is 2.05 bits per heavy atom. The number of primary amides is 1. The van der Waals surface area contributed by atoms with E-state index < -0.39 is 0 Å². The molecule has 0 bridgehead atoms. The van der Waals surface area contributed by atoms with E-state index in [9.17, 15) is 4.79 Å². The van der Waals surface area contributed by atoms with Crippen molar-refractivity contribution in [1.29, 1.82) is 0 Å². The van der Waals surface area contributed by atoms with Crippen molar-refractivity contribution >= 4 is 5.91 Å². The second-order valence-corrected chi connectivity index (χ2v) is 6.73. The predicted molar refractivity (Wildman–Crippen MR) is 90.5 cm³/mol. The van der Waals surface area contributed by atoms with Gasteiger partial charge in [-0.1, -0.05) is 29.8 Å². The molecule has 0 saturated carbocycles. The number of carbonyl (C=O) groups is 1. The highest BCUT2D eigenvalue weighted by molar-refractivity contribution is 5.75. The third kappa shape index (κ3) is 4.82. The third-order valence-electron chi connectivity index (χ3n) is 4.52. The maximum Gasteiger partial charge on any atom is 0.231 e. The van der Waals surface area contributed by atoms with Crippen molar-refractivity contribution in [3.8, 4) is 0 Å². The van der Waals surface area contributed by atoms with E-state index in [-0.39, 0.29) is 5.91 Å². The van der Waals surface area contributed by atoms with Crippen LogP contribution in [0.1, 0.15) is 37.8 Å². The van der Waals surface area contributed by atoms with Crippen LogP contribution in [0.25, 0.3) is 0 Å². The van der Waals surface area contributed by atoms with Gasteiger partial charge in [0.2, 0.25) is 5.91 Å². The Labute approximate surface area is 134 Å². The number of nitrogens with two attached hydrogens (primary N) is 1. The number of rotatable bonds is 6. The normalized spacial score (nSPS) is 17.3. The molecule has 2 N–H and O–H groups in total. The van der Waals surface area contributed by atoms with Crippen LogP contribution in [0.5, 0.6) is 0 Å². The minimum atomic E-state index is -0.223. The Morgan fingerprint density at radius 3 is 2.59 bits per heavy atom. The van der Waals surface area contributed by atoms with E-state index in [4.69, 9.17) is 5.73 Å². The summed E-state index contributed by atoms with van der Waals surface area (Å²) < 4.78 is 0. The van der Waals surface area contributed by atoms with Gasteiger partial charge >= 0.3 is 0 Å². The average Bonchev–Trinajstić information content (AvgIpc) is 2.45. The molecular weight excluding hydrogens is 274 g/mol. The number of likely N-dealkylation sites (tertiary alicyclic amines) is 1. The lowest BCUT2D eigenvalue weighted by Gasteiger charge is -2.40. The van der Waals surface area contributed by atoms with Gasteiger partial charge in [0.1, 0.15) is 0 Å². The van der Waals surface area contributed by atoms with Crippen LogP contribution in [0.3, 0.4) is 0 Å². The molecule has 4 heteroatoms. The van der Waals surface area contributed by atoms with E-state index in [1.807, 2.05) is 0 Å². The number of hydrogen-bond acceptors (Lipinski definition) is 3. The summed E-state index contributed by atoms with van der Waals surface area (Å²) in [4.78, 5) is 15.8. The van der Waals surface area contributed by atoms with Crippen LogP contribution in [-0.4, -0.2) is 47.4 Å². The Kier molecular flexibility index (Phi) is 5.98. The van der Waals surface area contributed by atoms with Crippen LogP contribution < -0.4 is 5.73 Å². The Balaban J connectivity index is 1.96. The zero-order valence-corrected chi connectivity index (χ0v) is 14.1. The van der Waals surface area contributed by atoms with Crippen molar-refractivity contribution in [2.24, 2.45) is 5.73 Å². The number of piperidine rings is 1. The predicted octanol–water partition coefficient (Wildman–Crippen LogP) is 2.16. The molecule has 0 spiro atoms. The van der Waals surface area contributed by atoms with E-state index >= 15 is 0 Å². The van der Waals surface area contributed by atoms with Gasteiger partial charge in [0.25, 0.3) is 0 Å². The molecule has 2 rings (SSSR count). The third-order valence-corrected chi connectivity index (χ3v) is 4.52. The minimum Gasteiger partial charge on any atom is -0.369 e. The smallest absolute Gasteiger partial charge is 0.231 e. The molecule has 1 aliphatic rings. The molecule has 22 heavy (non-hydrogen) atoms. The van der Waals surface area contributed by atoms with Crippen LogP contribution in [-0.2, 0) is 11.3 Å². The zero-order valence-electron chi connectivity index (χ0n) is 14.1. The molecule has 1 amide bonds. The van der Waals surface area contributed by atoms with Gasteiger partial charge in [0, 0.05) is 31.7 Å². The fraction of sp³-hybridized carbons (Fsp3) is 0.611. The molecule has 0 atom stereocenters. The molecule has 1 aliphatic heterocycles. The quantitative estimate of drug-likeness (QED) is 0.876. The summed E-state index contributed by atoms with van der Waals surface area (Å²) in [5, 5.41) is 0. The fourth-order valence-electron chi connectivity index (χ4n) is 3.38. The molecule has 1 fully saturated rings. The van der Waals surface area contributed by atoms with Gasteiger partial charge in [-0.25, -0.2) is 0 Å². The zero-order chi connectivity index (χ0) is 16.1. The van der Waals surface area contributed by atoms with Crippen molar-refractivity contribution in [2.45, 2.75) is 52.2 Å². The Morgan fingerprint density at radius 1 is 1.36 bits per heavy atom. The van der Waals surface area contributed by atoms with Crippen molar-refractivity contribution in [2.75, 3.05) is 19.6 Å². The minimum absolute atomic E-state index is 0.223. The number of amides is 1. The summed E-state index contributed by atoms with van der Waals surface area (Å²) in [6, 6.07) is 9.88. The van der Waals surface area contributed by atoms with Crippen LogP contribution in [0.15, 0.2) is 24.3 Å². The van der Waals surface area contributed by atoms with Gasteiger partial charge in [-0.05, 0) is 39.2 Å². The van der Waals surface area contributed by atoms with E-state index in [2.05, 4.69) is 54.8 Å². The molecule has 1 saturated heterocycles. The second kappa shape index (κ2) is 7.75. The number of benzene rings is 1. The molecule has 1 aromatic rings. The van der Waals surface area contributed by atoms with Crippen molar-refractivity contribution in [3.05, 3.63) is 35.4 Å². The Bertz CT molecular complexity index is 493. The molecule has 4 nitrogen and oxygen atoms in total. The molecular formula is C18H29N3O. The molecule has 1 aromatic carbocycles. The number of hydrogen-bond donors (Lipinski definition) is 1. The van der Waals surface area contributed by atoms with E-state index in [1.54, 1.807) is 0 Å². The lowest BCUT2D eigenvalue weighted by molar-refractivity contribution is -0.119. The highest BCUT2D eigenvalue weighted by Crippen LogP contribution is 2.21. The summed E-state index contributed by atoms with van der Waals surface area (Å²) in [6.45, 7) is 10.0. The van der Waals surface area contributed by atoms with Gasteiger partial charge in [-0.15, -0.1) is 0 Å². The van der Waals surface area contributed by atoms with Gasteiger partial charge in [0.05, 0.1) is 6.54 Å². The summed E-state index contributed by atoms with van der Waals surface area (Å²) in [5.74, 6) is -0.223. The first kappa shape index (κ1) is 17.0. The summed E-state index contributed by atoms with van der Waals surface area (Å²) in [7, 11) is 0. The van der Waals surface area contributed by atoms with Crippen LogP contribution in [0.4, 0.5) is 0 Å². The monoisotopic (exact) mass is 303 g/mol. The first-order valence-corrected chi connectivity index (χ1v) is 8.27. The SMILES string of the molecule is Cc1cccc(CN(C(C)C)C2CCN(CC(N)=O)CC2)c1. The molecule has 0 aromatic heterocycles. The number of aryl methyl sites for hydroxylation is 1. The topological polar surface area (TPSA) is 49.6 Å². The maximum absolute atomic E-state index is 11.0. The highest BCUT2D eigenvalue weighted by atomic mass is 16.1. The summed E-state index contributed by atoms with van der Waals surface area (Å²) >= 11 is 0. The van der Waals surface area contributed by atoms with E-state index in [0.717, 1.165) is 32.5 Å². The van der Waals surface area contributed by atoms with Gasteiger partial charge in [-0.2, -0.15) is 0 Å². The van der Waals surface area contributed by atoms with Crippen molar-refractivity contribution < 1.29 is 4.79 Å². The number of nitrogens with zero attached hydrogens (tertiary/aromatic N) is 2. The standard InChI is InChI=1S/C18H29N3O/c1-14(2)21(12-16-6-4-5-15(3)11-16)17-7-9-20(10-8-17)13-18(19)22/h4-6,11,14,17H,7-10,12-13H2,1-3H3,(H2,19,22). The lowest BCUT2D eigenvalue weighted by Crippen LogP contribution is -2.48.